The second-order valence-electron chi connectivity index (χ2n) is 10.2. The first kappa shape index (κ1) is 29.5. The Morgan fingerprint density at radius 3 is 2.13 bits per heavy atom. The van der Waals surface area contributed by atoms with Crippen molar-refractivity contribution in [2.45, 2.75) is 46.1 Å². The predicted octanol–water partition coefficient (Wildman–Crippen LogP) is 5.06. The smallest absolute Gasteiger partial charge is 0.328 e. The van der Waals surface area contributed by atoms with Gasteiger partial charge in [-0.3, -0.25) is 14.4 Å². The molecule has 0 unspecified atom stereocenters. The number of hydrogen-bond acceptors (Lipinski definition) is 6. The van der Waals surface area contributed by atoms with Crippen molar-refractivity contribution in [3.05, 3.63) is 63.6 Å². The summed E-state index contributed by atoms with van der Waals surface area (Å²) in [7, 11) is 2.60. The van der Waals surface area contributed by atoms with E-state index < -0.39 is 34.7 Å². The highest BCUT2D eigenvalue weighted by molar-refractivity contribution is 6.40. The fourth-order valence-corrected chi connectivity index (χ4v) is 5.55. The lowest BCUT2D eigenvalue weighted by Gasteiger charge is -2.40. The minimum Gasteiger partial charge on any atom is -0.469 e. The topological polar surface area (TPSA) is 111 Å². The Morgan fingerprint density at radius 1 is 0.974 bits per heavy atom. The van der Waals surface area contributed by atoms with Gasteiger partial charge in [0.1, 0.15) is 6.04 Å². The molecular formula is C28H32Cl2N2O6. The molecule has 2 aromatic rings. The number of benzene rings is 2. The number of amides is 2. The number of rotatable bonds is 8. The van der Waals surface area contributed by atoms with Gasteiger partial charge in [-0.25, -0.2) is 4.79 Å². The fourth-order valence-electron chi connectivity index (χ4n) is 4.98. The Kier molecular flexibility index (Phi) is 9.10. The Hall–Kier alpha value is -3.10. The monoisotopic (exact) mass is 562 g/mol. The third-order valence-corrected chi connectivity index (χ3v) is 8.48. The first-order valence-electron chi connectivity index (χ1n) is 12.2. The number of anilines is 1. The molecule has 38 heavy (non-hydrogen) atoms. The van der Waals surface area contributed by atoms with Crippen LogP contribution in [0.2, 0.25) is 10.0 Å². The van der Waals surface area contributed by atoms with Gasteiger partial charge in [0.15, 0.2) is 0 Å². The highest BCUT2D eigenvalue weighted by atomic mass is 35.5. The summed E-state index contributed by atoms with van der Waals surface area (Å²) in [5.74, 6) is -2.15. The lowest BCUT2D eigenvalue weighted by Crippen LogP contribution is -2.53. The van der Waals surface area contributed by atoms with Gasteiger partial charge in [-0.05, 0) is 48.1 Å². The highest BCUT2D eigenvalue weighted by Gasteiger charge is 2.58. The number of carbonyl (C=O) groups excluding carboxylic acids is 4. The number of nitrogens with one attached hydrogen (secondary N) is 2. The molecule has 204 valence electrons. The fraction of sp³-hybridized carbons (Fsp3) is 0.429. The molecule has 0 radical (unpaired) electrons. The SMILES string of the molecule is COC(=O)[C@H](Cc1ccc(NC(=O)c2c(Cl)cccc2Cl)cc1)NC(=O)[C@@]1(C)CC[C@@H](C(=O)OC)C1(C)C. The molecule has 2 amide bonds. The molecule has 1 saturated carbocycles. The van der Waals surface area contributed by atoms with Gasteiger partial charge in [-0.1, -0.05) is 62.2 Å². The van der Waals surface area contributed by atoms with E-state index in [4.69, 9.17) is 32.7 Å². The molecule has 3 rings (SSSR count). The van der Waals surface area contributed by atoms with Crippen molar-refractivity contribution in [2.75, 3.05) is 19.5 Å². The molecule has 8 nitrogen and oxygen atoms in total. The Labute approximate surface area is 232 Å². The van der Waals surface area contributed by atoms with Gasteiger partial charge in [-0.15, -0.1) is 0 Å². The van der Waals surface area contributed by atoms with E-state index in [2.05, 4.69) is 10.6 Å². The number of halogens is 2. The molecule has 0 aromatic heterocycles. The molecule has 0 aliphatic heterocycles. The molecule has 1 aliphatic carbocycles. The van der Waals surface area contributed by atoms with Crippen LogP contribution < -0.4 is 10.6 Å². The number of ether oxygens (including phenoxy) is 2. The number of carbonyl (C=O) groups is 4. The van der Waals surface area contributed by atoms with Gasteiger partial charge in [0, 0.05) is 12.1 Å². The second kappa shape index (κ2) is 11.7. The van der Waals surface area contributed by atoms with Crippen LogP contribution in [0.5, 0.6) is 0 Å². The van der Waals surface area contributed by atoms with Gasteiger partial charge in [0.25, 0.3) is 5.91 Å². The first-order valence-corrected chi connectivity index (χ1v) is 12.9. The Balaban J connectivity index is 1.73. The molecule has 3 atom stereocenters. The van der Waals surface area contributed by atoms with Gasteiger partial charge in [0.05, 0.1) is 41.2 Å². The van der Waals surface area contributed by atoms with Crippen molar-refractivity contribution in [3.63, 3.8) is 0 Å². The van der Waals surface area contributed by atoms with Gasteiger partial charge < -0.3 is 20.1 Å². The maximum absolute atomic E-state index is 13.5. The Bertz CT molecular complexity index is 1210. The average Bonchev–Trinajstić information content (AvgIpc) is 3.12. The summed E-state index contributed by atoms with van der Waals surface area (Å²) in [4.78, 5) is 51.0. The van der Waals surface area contributed by atoms with Crippen molar-refractivity contribution in [3.8, 4) is 0 Å². The van der Waals surface area contributed by atoms with Gasteiger partial charge in [0.2, 0.25) is 5.91 Å². The van der Waals surface area contributed by atoms with E-state index in [0.29, 0.717) is 18.5 Å². The van der Waals surface area contributed by atoms with E-state index in [1.165, 1.54) is 14.2 Å². The van der Waals surface area contributed by atoms with Crippen LogP contribution >= 0.6 is 23.2 Å². The molecule has 0 bridgehead atoms. The van der Waals surface area contributed by atoms with Crippen LogP contribution in [0, 0.1) is 16.7 Å². The summed E-state index contributed by atoms with van der Waals surface area (Å²) >= 11 is 12.2. The molecule has 2 N–H and O–H groups in total. The van der Waals surface area contributed by atoms with E-state index in [1.807, 2.05) is 20.8 Å². The molecule has 0 saturated heterocycles. The zero-order valence-electron chi connectivity index (χ0n) is 22.0. The zero-order valence-corrected chi connectivity index (χ0v) is 23.5. The van der Waals surface area contributed by atoms with Crippen LogP contribution in [0.25, 0.3) is 0 Å². The first-order chi connectivity index (χ1) is 17.8. The van der Waals surface area contributed by atoms with Crippen LogP contribution in [0.4, 0.5) is 5.69 Å². The minimum absolute atomic E-state index is 0.167. The van der Waals surface area contributed by atoms with Crippen LogP contribution in [0.3, 0.4) is 0 Å². The minimum atomic E-state index is -0.945. The summed E-state index contributed by atoms with van der Waals surface area (Å²) in [5.41, 5.74) is -0.173. The van der Waals surface area contributed by atoms with Crippen LogP contribution in [0.15, 0.2) is 42.5 Å². The quantitative estimate of drug-likeness (QED) is 0.435. The summed E-state index contributed by atoms with van der Waals surface area (Å²) in [6.45, 7) is 5.55. The van der Waals surface area contributed by atoms with Crippen molar-refractivity contribution in [2.24, 2.45) is 16.7 Å². The summed E-state index contributed by atoms with van der Waals surface area (Å²) in [6, 6.07) is 10.7. The second-order valence-corrected chi connectivity index (χ2v) is 11.0. The third kappa shape index (κ3) is 5.81. The molecule has 1 aliphatic rings. The lowest BCUT2D eigenvalue weighted by molar-refractivity contribution is -0.154. The van der Waals surface area contributed by atoms with Crippen molar-refractivity contribution < 1.29 is 28.7 Å². The molecule has 2 aromatic carbocycles. The maximum Gasteiger partial charge on any atom is 0.328 e. The van der Waals surface area contributed by atoms with E-state index in [-0.39, 0.29) is 33.9 Å². The third-order valence-electron chi connectivity index (χ3n) is 7.85. The molecule has 1 fully saturated rings. The standard InChI is InChI=1S/C28H32Cl2N2O6/c1-27(2)18(24(34)37-4)13-14-28(27,3)26(36)32-21(25(35)38-5)15-16-9-11-17(12-10-16)31-23(33)22-19(29)7-6-8-20(22)30/h6-12,18,21H,13-15H2,1-5H3,(H,31,33)(H,32,36)/t18-,21-,28+/m0/s1. The number of methoxy groups -OCH3 is 2. The molecule has 0 spiro atoms. The summed E-state index contributed by atoms with van der Waals surface area (Å²) in [6.07, 6.45) is 1.16. The van der Waals surface area contributed by atoms with Crippen molar-refractivity contribution in [1.82, 2.24) is 5.32 Å². The van der Waals surface area contributed by atoms with Crippen LogP contribution in [0.1, 0.15) is 49.5 Å². The van der Waals surface area contributed by atoms with Crippen LogP contribution in [-0.4, -0.2) is 44.0 Å². The normalized spacial score (nSPS) is 20.8. The molecular weight excluding hydrogens is 531 g/mol. The average molecular weight is 563 g/mol. The van der Waals surface area contributed by atoms with Gasteiger partial charge in [-0.2, -0.15) is 0 Å². The lowest BCUT2D eigenvalue weighted by atomic mass is 9.65. The highest BCUT2D eigenvalue weighted by Crippen LogP contribution is 2.56. The summed E-state index contributed by atoms with van der Waals surface area (Å²) < 4.78 is 9.89. The van der Waals surface area contributed by atoms with Gasteiger partial charge >= 0.3 is 11.9 Å². The van der Waals surface area contributed by atoms with E-state index >= 15 is 0 Å². The molecule has 0 heterocycles. The van der Waals surface area contributed by atoms with Crippen LogP contribution in [-0.2, 0) is 30.3 Å². The van der Waals surface area contributed by atoms with E-state index in [9.17, 15) is 19.2 Å². The van der Waals surface area contributed by atoms with E-state index in [0.717, 1.165) is 5.56 Å². The molecule has 10 heteroatoms. The largest absolute Gasteiger partial charge is 0.469 e. The number of hydrogen-bond donors (Lipinski definition) is 2. The predicted molar refractivity (Wildman–Crippen MR) is 145 cm³/mol. The van der Waals surface area contributed by atoms with E-state index in [1.54, 1.807) is 42.5 Å². The zero-order chi connectivity index (χ0) is 28.3. The summed E-state index contributed by atoms with van der Waals surface area (Å²) in [5, 5.41) is 6.07. The van der Waals surface area contributed by atoms with Crippen molar-refractivity contribution >= 4 is 52.6 Å². The van der Waals surface area contributed by atoms with Crippen molar-refractivity contribution in [1.29, 1.82) is 0 Å². The maximum atomic E-state index is 13.5. The number of esters is 2. The Morgan fingerprint density at radius 2 is 1.58 bits per heavy atom.